The molecule has 1 saturated heterocycles. The summed E-state index contributed by atoms with van der Waals surface area (Å²) in [6.07, 6.45) is 1.55. The number of anilines is 1. The first kappa shape index (κ1) is 20.0. The Labute approximate surface area is 164 Å². The van der Waals surface area contributed by atoms with Gasteiger partial charge in [0.1, 0.15) is 0 Å². The molecular weight excluding hydrogens is 358 g/mol. The van der Waals surface area contributed by atoms with Crippen LogP contribution in [0, 0.1) is 0 Å². The van der Waals surface area contributed by atoms with E-state index in [-0.39, 0.29) is 12.3 Å². The van der Waals surface area contributed by atoms with Crippen LogP contribution >= 0.6 is 0 Å². The van der Waals surface area contributed by atoms with Crippen molar-refractivity contribution >= 4 is 17.6 Å². The molecule has 1 amide bonds. The summed E-state index contributed by atoms with van der Waals surface area (Å²) in [4.78, 5) is 23.7. The summed E-state index contributed by atoms with van der Waals surface area (Å²) in [5.74, 6) is -1.00. The van der Waals surface area contributed by atoms with Crippen molar-refractivity contribution < 1.29 is 24.2 Å². The van der Waals surface area contributed by atoms with Gasteiger partial charge in [-0.25, -0.2) is 0 Å². The highest BCUT2D eigenvalue weighted by molar-refractivity contribution is 5.97. The average molecular weight is 383 g/mol. The minimum absolute atomic E-state index is 0.0855. The van der Waals surface area contributed by atoms with Crippen molar-refractivity contribution in [3.63, 3.8) is 0 Å². The molecule has 1 aliphatic heterocycles. The van der Waals surface area contributed by atoms with Gasteiger partial charge in [0.15, 0.2) is 5.60 Å². The first-order valence-corrected chi connectivity index (χ1v) is 9.45. The molecule has 0 atom stereocenters. The molecule has 0 bridgehead atoms. The van der Waals surface area contributed by atoms with E-state index in [9.17, 15) is 9.59 Å². The van der Waals surface area contributed by atoms with Crippen LogP contribution in [0.1, 0.15) is 30.4 Å². The Bertz CT molecular complexity index is 782. The van der Waals surface area contributed by atoms with Crippen molar-refractivity contribution in [2.45, 2.75) is 37.9 Å². The third kappa shape index (κ3) is 5.41. The molecule has 1 fully saturated rings. The smallest absolute Gasteiger partial charge is 0.303 e. The number of amides is 1. The zero-order valence-corrected chi connectivity index (χ0v) is 15.7. The number of carboxylic acids is 1. The summed E-state index contributed by atoms with van der Waals surface area (Å²) >= 11 is 0. The number of hydrogen-bond acceptors (Lipinski definition) is 4. The first-order valence-electron chi connectivity index (χ1n) is 9.45. The van der Waals surface area contributed by atoms with E-state index in [1.54, 1.807) is 12.1 Å². The third-order valence-electron chi connectivity index (χ3n) is 4.91. The van der Waals surface area contributed by atoms with Gasteiger partial charge in [-0.05, 0) is 29.7 Å². The molecule has 0 saturated carbocycles. The predicted octanol–water partition coefficient (Wildman–Crippen LogP) is 3.41. The van der Waals surface area contributed by atoms with E-state index in [1.807, 2.05) is 42.5 Å². The van der Waals surface area contributed by atoms with Crippen LogP contribution in [-0.2, 0) is 32.1 Å². The summed E-state index contributed by atoms with van der Waals surface area (Å²) in [7, 11) is 0. The molecule has 0 radical (unpaired) electrons. The van der Waals surface area contributed by atoms with E-state index in [0.29, 0.717) is 44.8 Å². The highest BCUT2D eigenvalue weighted by Gasteiger charge is 2.41. The van der Waals surface area contributed by atoms with Gasteiger partial charge in [0.2, 0.25) is 0 Å². The molecule has 148 valence electrons. The molecule has 6 nitrogen and oxygen atoms in total. The Kier molecular flexibility index (Phi) is 6.79. The standard InChI is InChI=1S/C22H25NO5/c24-20(25)11-8-17-6-9-19(10-7-17)23-21(26)22(12-14-27-15-13-22)28-16-18-4-2-1-3-5-18/h1-7,9-10H,8,11-16H2,(H,23,26)(H,24,25). The summed E-state index contributed by atoms with van der Waals surface area (Å²) in [5.41, 5.74) is 1.68. The van der Waals surface area contributed by atoms with E-state index in [4.69, 9.17) is 14.6 Å². The number of hydrogen-bond donors (Lipinski definition) is 2. The zero-order valence-electron chi connectivity index (χ0n) is 15.7. The topological polar surface area (TPSA) is 84.9 Å². The number of aliphatic carboxylic acids is 1. The van der Waals surface area contributed by atoms with Crippen molar-refractivity contribution in [1.82, 2.24) is 0 Å². The fraction of sp³-hybridized carbons (Fsp3) is 0.364. The lowest BCUT2D eigenvalue weighted by molar-refractivity contribution is -0.158. The number of rotatable bonds is 8. The molecule has 2 aromatic carbocycles. The van der Waals surface area contributed by atoms with Gasteiger partial charge >= 0.3 is 5.97 Å². The van der Waals surface area contributed by atoms with Gasteiger partial charge in [-0.2, -0.15) is 0 Å². The first-order chi connectivity index (χ1) is 13.6. The number of nitrogens with one attached hydrogen (secondary N) is 1. The molecule has 0 unspecified atom stereocenters. The molecule has 3 rings (SSSR count). The minimum Gasteiger partial charge on any atom is -0.481 e. The zero-order chi connectivity index (χ0) is 19.8. The van der Waals surface area contributed by atoms with Gasteiger partial charge in [0.25, 0.3) is 5.91 Å². The maximum Gasteiger partial charge on any atom is 0.303 e. The van der Waals surface area contributed by atoms with Crippen molar-refractivity contribution in [1.29, 1.82) is 0 Å². The van der Waals surface area contributed by atoms with E-state index >= 15 is 0 Å². The number of carbonyl (C=O) groups is 2. The molecule has 0 aromatic heterocycles. The largest absolute Gasteiger partial charge is 0.481 e. The second kappa shape index (κ2) is 9.48. The third-order valence-corrected chi connectivity index (χ3v) is 4.91. The molecule has 0 aliphatic carbocycles. The van der Waals surface area contributed by atoms with Gasteiger partial charge in [-0.1, -0.05) is 42.5 Å². The van der Waals surface area contributed by atoms with Gasteiger partial charge in [0, 0.05) is 38.2 Å². The van der Waals surface area contributed by atoms with Crippen LogP contribution in [0.25, 0.3) is 0 Å². The molecule has 1 heterocycles. The summed E-state index contributed by atoms with van der Waals surface area (Å²) in [6, 6.07) is 17.0. The van der Waals surface area contributed by atoms with Crippen LogP contribution in [0.4, 0.5) is 5.69 Å². The number of carboxylic acid groups (broad SMARTS) is 1. The Morgan fingerprint density at radius 1 is 1.00 bits per heavy atom. The number of benzene rings is 2. The van der Waals surface area contributed by atoms with E-state index in [1.165, 1.54) is 0 Å². The second-order valence-electron chi connectivity index (χ2n) is 6.93. The van der Waals surface area contributed by atoms with E-state index < -0.39 is 11.6 Å². The normalized spacial score (nSPS) is 15.7. The van der Waals surface area contributed by atoms with Gasteiger partial charge in [0.05, 0.1) is 6.61 Å². The monoisotopic (exact) mass is 383 g/mol. The summed E-state index contributed by atoms with van der Waals surface area (Å²) in [5, 5.41) is 11.7. The van der Waals surface area contributed by atoms with Crippen molar-refractivity contribution in [3.8, 4) is 0 Å². The lowest BCUT2D eigenvalue weighted by atomic mass is 9.92. The van der Waals surface area contributed by atoms with Gasteiger partial charge in [-0.15, -0.1) is 0 Å². The molecule has 6 heteroatoms. The van der Waals surface area contributed by atoms with Gasteiger partial charge < -0.3 is 19.9 Å². The summed E-state index contributed by atoms with van der Waals surface area (Å²) in [6.45, 7) is 1.33. The highest BCUT2D eigenvalue weighted by Crippen LogP contribution is 2.28. The van der Waals surface area contributed by atoms with Crippen LogP contribution in [0.15, 0.2) is 54.6 Å². The highest BCUT2D eigenvalue weighted by atomic mass is 16.5. The molecular formula is C22H25NO5. The number of ether oxygens (including phenoxy) is 2. The molecule has 1 aliphatic rings. The van der Waals surface area contributed by atoms with Gasteiger partial charge in [-0.3, -0.25) is 9.59 Å². The van der Waals surface area contributed by atoms with E-state index in [0.717, 1.165) is 11.1 Å². The van der Waals surface area contributed by atoms with Crippen LogP contribution in [-0.4, -0.2) is 35.8 Å². The van der Waals surface area contributed by atoms with Crippen LogP contribution < -0.4 is 5.32 Å². The fourth-order valence-corrected chi connectivity index (χ4v) is 3.18. The number of aryl methyl sites for hydroxylation is 1. The lowest BCUT2D eigenvalue weighted by Crippen LogP contribution is -2.49. The van der Waals surface area contributed by atoms with Crippen LogP contribution in [0.3, 0.4) is 0 Å². The Hall–Kier alpha value is -2.70. The molecule has 28 heavy (non-hydrogen) atoms. The maximum atomic E-state index is 13.0. The number of carbonyl (C=O) groups excluding carboxylic acids is 1. The minimum atomic E-state index is -0.921. The SMILES string of the molecule is O=C(O)CCc1ccc(NC(=O)C2(OCc3ccccc3)CCOCC2)cc1. The van der Waals surface area contributed by atoms with Crippen molar-refractivity contribution in [2.24, 2.45) is 0 Å². The molecule has 0 spiro atoms. The lowest BCUT2D eigenvalue weighted by Gasteiger charge is -2.35. The fourth-order valence-electron chi connectivity index (χ4n) is 3.18. The van der Waals surface area contributed by atoms with Crippen molar-refractivity contribution in [3.05, 3.63) is 65.7 Å². The van der Waals surface area contributed by atoms with Crippen LogP contribution in [0.2, 0.25) is 0 Å². The average Bonchev–Trinajstić information content (AvgIpc) is 2.73. The quantitative estimate of drug-likeness (QED) is 0.730. The molecule has 2 N–H and O–H groups in total. The Morgan fingerprint density at radius 3 is 2.32 bits per heavy atom. The Morgan fingerprint density at radius 2 is 1.68 bits per heavy atom. The van der Waals surface area contributed by atoms with Crippen LogP contribution in [0.5, 0.6) is 0 Å². The molecule has 2 aromatic rings. The second-order valence-corrected chi connectivity index (χ2v) is 6.93. The van der Waals surface area contributed by atoms with Crippen molar-refractivity contribution in [2.75, 3.05) is 18.5 Å². The van der Waals surface area contributed by atoms with E-state index in [2.05, 4.69) is 5.32 Å². The Balaban J connectivity index is 1.65. The predicted molar refractivity (Wildman–Crippen MR) is 105 cm³/mol. The summed E-state index contributed by atoms with van der Waals surface area (Å²) < 4.78 is 11.6. The maximum absolute atomic E-state index is 13.0.